The summed E-state index contributed by atoms with van der Waals surface area (Å²) in [6, 6.07) is 14.5. The van der Waals surface area contributed by atoms with Crippen molar-refractivity contribution >= 4 is 23.4 Å². The van der Waals surface area contributed by atoms with Crippen molar-refractivity contribution < 1.29 is 14.3 Å². The molecule has 5 nitrogen and oxygen atoms in total. The van der Waals surface area contributed by atoms with E-state index in [-0.39, 0.29) is 11.9 Å². The van der Waals surface area contributed by atoms with Crippen molar-refractivity contribution in [3.8, 4) is 11.5 Å². The Morgan fingerprint density at radius 3 is 2.35 bits per heavy atom. The molecular formula is C25H34N2O3S. The smallest absolute Gasteiger partial charge is 0.226 e. The van der Waals surface area contributed by atoms with Crippen molar-refractivity contribution in [2.24, 2.45) is 0 Å². The molecule has 2 aromatic rings. The molecule has 0 bridgehead atoms. The molecule has 0 aromatic heterocycles. The molecule has 0 unspecified atom stereocenters. The molecule has 1 saturated heterocycles. The van der Waals surface area contributed by atoms with E-state index in [1.165, 1.54) is 5.56 Å². The van der Waals surface area contributed by atoms with E-state index in [0.717, 1.165) is 61.0 Å². The molecule has 1 heterocycles. The van der Waals surface area contributed by atoms with Crippen LogP contribution in [0.5, 0.6) is 11.5 Å². The molecule has 0 atom stereocenters. The summed E-state index contributed by atoms with van der Waals surface area (Å²) in [5.74, 6) is 2.03. The predicted molar refractivity (Wildman–Crippen MR) is 129 cm³/mol. The van der Waals surface area contributed by atoms with Gasteiger partial charge in [0, 0.05) is 37.8 Å². The third-order valence-corrected chi connectivity index (χ3v) is 6.77. The Kier molecular flexibility index (Phi) is 8.67. The Balaban J connectivity index is 1.62. The number of amides is 1. The van der Waals surface area contributed by atoms with Crippen LogP contribution in [0.3, 0.4) is 0 Å². The van der Waals surface area contributed by atoms with Gasteiger partial charge >= 0.3 is 0 Å². The van der Waals surface area contributed by atoms with Crippen LogP contribution >= 0.6 is 11.8 Å². The first-order valence-electron chi connectivity index (χ1n) is 11.0. The van der Waals surface area contributed by atoms with Crippen LogP contribution in [0.1, 0.15) is 31.7 Å². The Morgan fingerprint density at radius 1 is 1.10 bits per heavy atom. The Hall–Kier alpha value is -2.18. The number of hydrogen-bond donors (Lipinski definition) is 0. The number of likely N-dealkylation sites (tertiary alicyclic amines) is 1. The van der Waals surface area contributed by atoms with E-state index in [0.29, 0.717) is 6.42 Å². The van der Waals surface area contributed by atoms with E-state index < -0.39 is 0 Å². The van der Waals surface area contributed by atoms with Crippen LogP contribution in [0, 0.1) is 0 Å². The second-order valence-corrected chi connectivity index (χ2v) is 8.64. The molecule has 2 aromatic carbocycles. The van der Waals surface area contributed by atoms with Gasteiger partial charge in [-0.3, -0.25) is 4.79 Å². The summed E-state index contributed by atoms with van der Waals surface area (Å²) < 4.78 is 11.2. The van der Waals surface area contributed by atoms with E-state index in [2.05, 4.69) is 17.0 Å². The predicted octanol–water partition coefficient (Wildman–Crippen LogP) is 4.88. The van der Waals surface area contributed by atoms with Crippen LogP contribution in [-0.4, -0.2) is 57.0 Å². The maximum Gasteiger partial charge on any atom is 0.226 e. The van der Waals surface area contributed by atoms with E-state index >= 15 is 0 Å². The average molecular weight is 443 g/mol. The SMILES string of the molecule is CCC(=O)N(c1ccccc1)C1CCN(CCc2cc(OC)c(SC)cc2OC)CC1. The van der Waals surface area contributed by atoms with Gasteiger partial charge in [0.1, 0.15) is 11.5 Å². The van der Waals surface area contributed by atoms with Crippen molar-refractivity contribution in [3.63, 3.8) is 0 Å². The summed E-state index contributed by atoms with van der Waals surface area (Å²) in [6.07, 6.45) is 5.47. The lowest BCUT2D eigenvalue weighted by molar-refractivity contribution is -0.119. The first-order valence-corrected chi connectivity index (χ1v) is 12.2. The second kappa shape index (κ2) is 11.4. The van der Waals surface area contributed by atoms with Crippen molar-refractivity contribution in [3.05, 3.63) is 48.0 Å². The third kappa shape index (κ3) is 5.74. The van der Waals surface area contributed by atoms with Crippen molar-refractivity contribution in [1.82, 2.24) is 4.90 Å². The molecule has 0 saturated carbocycles. The van der Waals surface area contributed by atoms with Crippen molar-refractivity contribution in [2.75, 3.05) is 45.0 Å². The first-order chi connectivity index (χ1) is 15.1. The Bertz CT molecular complexity index is 851. The zero-order chi connectivity index (χ0) is 22.2. The van der Waals surface area contributed by atoms with E-state index in [1.54, 1.807) is 26.0 Å². The molecule has 31 heavy (non-hydrogen) atoms. The molecule has 0 spiro atoms. The number of benzene rings is 2. The highest BCUT2D eigenvalue weighted by atomic mass is 32.2. The van der Waals surface area contributed by atoms with Gasteiger partial charge in [0.25, 0.3) is 0 Å². The Morgan fingerprint density at radius 2 is 1.77 bits per heavy atom. The highest BCUT2D eigenvalue weighted by molar-refractivity contribution is 7.98. The molecule has 3 rings (SSSR count). The molecule has 1 fully saturated rings. The number of thioether (sulfide) groups is 1. The zero-order valence-corrected chi connectivity index (χ0v) is 19.9. The summed E-state index contributed by atoms with van der Waals surface area (Å²) in [5, 5.41) is 0. The third-order valence-electron chi connectivity index (χ3n) is 6.01. The topological polar surface area (TPSA) is 42.0 Å². The van der Waals surface area contributed by atoms with E-state index in [4.69, 9.17) is 9.47 Å². The number of anilines is 1. The molecule has 6 heteroatoms. The average Bonchev–Trinajstić information content (AvgIpc) is 2.83. The number of carbonyl (C=O) groups excluding carboxylic acids is 1. The quantitative estimate of drug-likeness (QED) is 0.518. The summed E-state index contributed by atoms with van der Waals surface area (Å²) in [6.45, 7) is 4.90. The lowest BCUT2D eigenvalue weighted by atomic mass is 10.0. The number of nitrogens with zero attached hydrogens (tertiary/aromatic N) is 2. The lowest BCUT2D eigenvalue weighted by Gasteiger charge is -2.38. The van der Waals surface area contributed by atoms with Crippen LogP contribution in [0.2, 0.25) is 0 Å². The fraction of sp³-hybridized carbons (Fsp3) is 0.480. The van der Waals surface area contributed by atoms with Crippen molar-refractivity contribution in [1.29, 1.82) is 0 Å². The van der Waals surface area contributed by atoms with Gasteiger partial charge in [-0.25, -0.2) is 0 Å². The minimum atomic E-state index is 0.204. The van der Waals surface area contributed by atoms with Crippen LogP contribution < -0.4 is 14.4 Å². The van der Waals surface area contributed by atoms with Gasteiger partial charge in [0.15, 0.2) is 0 Å². The van der Waals surface area contributed by atoms with Crippen LogP contribution in [0.25, 0.3) is 0 Å². The number of carbonyl (C=O) groups is 1. The van der Waals surface area contributed by atoms with Gasteiger partial charge < -0.3 is 19.3 Å². The second-order valence-electron chi connectivity index (χ2n) is 7.79. The largest absolute Gasteiger partial charge is 0.496 e. The molecule has 1 aliphatic heterocycles. The number of rotatable bonds is 9. The van der Waals surface area contributed by atoms with Crippen LogP contribution in [0.15, 0.2) is 47.4 Å². The molecule has 0 aliphatic carbocycles. The highest BCUT2D eigenvalue weighted by Crippen LogP contribution is 2.35. The molecule has 168 valence electrons. The molecule has 1 aliphatic rings. The van der Waals surface area contributed by atoms with Gasteiger partial charge in [0.2, 0.25) is 5.91 Å². The normalized spacial score (nSPS) is 15.0. The molecule has 0 N–H and O–H groups in total. The van der Waals surface area contributed by atoms with Gasteiger partial charge in [-0.15, -0.1) is 11.8 Å². The summed E-state index contributed by atoms with van der Waals surface area (Å²) in [5.41, 5.74) is 2.19. The van der Waals surface area contributed by atoms with Gasteiger partial charge in [-0.2, -0.15) is 0 Å². The van der Waals surface area contributed by atoms with E-state index in [1.807, 2.05) is 48.4 Å². The van der Waals surface area contributed by atoms with Crippen LogP contribution in [0.4, 0.5) is 5.69 Å². The Labute approximate surface area is 190 Å². The standard InChI is InChI=1S/C25H34N2O3S/c1-5-25(28)27(20-9-7-6-8-10-20)21-12-15-26(16-13-21)14-11-19-17-23(30-3)24(31-4)18-22(19)29-2/h6-10,17-18,21H,5,11-16H2,1-4H3. The number of hydrogen-bond acceptors (Lipinski definition) is 5. The number of methoxy groups -OCH3 is 2. The molecular weight excluding hydrogens is 408 g/mol. The van der Waals surface area contributed by atoms with E-state index in [9.17, 15) is 4.79 Å². The first kappa shape index (κ1) is 23.5. The number of ether oxygens (including phenoxy) is 2. The summed E-state index contributed by atoms with van der Waals surface area (Å²) in [7, 11) is 3.44. The zero-order valence-electron chi connectivity index (χ0n) is 19.1. The minimum Gasteiger partial charge on any atom is -0.496 e. The maximum absolute atomic E-state index is 12.7. The fourth-order valence-electron chi connectivity index (χ4n) is 4.28. The summed E-state index contributed by atoms with van der Waals surface area (Å²) >= 11 is 1.66. The molecule has 0 radical (unpaired) electrons. The maximum atomic E-state index is 12.7. The number of piperidine rings is 1. The summed E-state index contributed by atoms with van der Waals surface area (Å²) in [4.78, 5) is 18.3. The van der Waals surface area contributed by atoms with Crippen LogP contribution in [-0.2, 0) is 11.2 Å². The highest BCUT2D eigenvalue weighted by Gasteiger charge is 2.28. The van der Waals surface area contributed by atoms with Gasteiger partial charge in [-0.05, 0) is 55.3 Å². The lowest BCUT2D eigenvalue weighted by Crippen LogP contribution is -2.47. The minimum absolute atomic E-state index is 0.204. The van der Waals surface area contributed by atoms with Gasteiger partial charge in [0.05, 0.1) is 19.1 Å². The van der Waals surface area contributed by atoms with Gasteiger partial charge in [-0.1, -0.05) is 25.1 Å². The monoisotopic (exact) mass is 442 g/mol. The fourth-order valence-corrected chi connectivity index (χ4v) is 4.85. The molecule has 1 amide bonds. The number of para-hydroxylation sites is 1. The van der Waals surface area contributed by atoms with Crippen molar-refractivity contribution in [2.45, 2.75) is 43.5 Å².